The number of fused-ring (bicyclic) bond motifs is 1. The summed E-state index contributed by atoms with van der Waals surface area (Å²) < 4.78 is 11.4. The molecule has 0 aliphatic rings. The number of anilines is 1. The van der Waals surface area contributed by atoms with Gasteiger partial charge in [-0.3, -0.25) is 10.1 Å². The van der Waals surface area contributed by atoms with Gasteiger partial charge < -0.3 is 9.47 Å². The number of nitrogens with zero attached hydrogens (tertiary/aromatic N) is 1. The summed E-state index contributed by atoms with van der Waals surface area (Å²) in [4.78, 5) is 29.6. The predicted octanol–water partition coefficient (Wildman–Crippen LogP) is 3.86. The van der Waals surface area contributed by atoms with E-state index in [1.54, 1.807) is 6.07 Å². The molecule has 3 rings (SSSR count). The van der Waals surface area contributed by atoms with Crippen LogP contribution in [0.15, 0.2) is 30.3 Å². The third-order valence-corrected chi connectivity index (χ3v) is 5.11. The van der Waals surface area contributed by atoms with Gasteiger partial charge in [0.15, 0.2) is 11.7 Å². The summed E-state index contributed by atoms with van der Waals surface area (Å²) in [5.41, 5.74) is 0.773. The number of rotatable bonds is 6. The molecule has 0 saturated heterocycles. The molecule has 0 atom stereocenters. The van der Waals surface area contributed by atoms with E-state index in [0.717, 1.165) is 20.8 Å². The van der Waals surface area contributed by atoms with Gasteiger partial charge in [0.25, 0.3) is 5.91 Å². The quantitative estimate of drug-likeness (QED) is 0.661. The first-order valence-electron chi connectivity index (χ1n) is 7.62. The maximum atomic E-state index is 12.0. The number of carbonyl (C=O) groups is 2. The highest BCUT2D eigenvalue weighted by molar-refractivity contribution is 7.22. The number of carbonyl (C=O) groups excluding carboxylic acids is 2. The minimum atomic E-state index is -0.501. The van der Waals surface area contributed by atoms with Crippen molar-refractivity contribution >= 4 is 49.9 Å². The van der Waals surface area contributed by atoms with Crippen LogP contribution in [-0.4, -0.2) is 30.1 Å². The van der Waals surface area contributed by atoms with Gasteiger partial charge in [-0.15, -0.1) is 11.3 Å². The van der Waals surface area contributed by atoms with E-state index in [9.17, 15) is 9.59 Å². The summed E-state index contributed by atoms with van der Waals surface area (Å²) in [6.07, 6.45) is 0. The van der Waals surface area contributed by atoms with Gasteiger partial charge in [0, 0.05) is 4.88 Å². The van der Waals surface area contributed by atoms with Crippen LogP contribution < -0.4 is 10.1 Å². The lowest BCUT2D eigenvalue weighted by Gasteiger charge is -2.02. The zero-order chi connectivity index (χ0) is 17.8. The van der Waals surface area contributed by atoms with Gasteiger partial charge in [0.05, 0.1) is 16.8 Å². The monoisotopic (exact) mass is 376 g/mol. The molecule has 1 amide bonds. The zero-order valence-electron chi connectivity index (χ0n) is 13.7. The molecule has 1 N–H and O–H groups in total. The topological polar surface area (TPSA) is 77.5 Å². The lowest BCUT2D eigenvalue weighted by Crippen LogP contribution is -2.20. The smallest absolute Gasteiger partial charge is 0.348 e. The highest BCUT2D eigenvalue weighted by atomic mass is 32.1. The van der Waals surface area contributed by atoms with Gasteiger partial charge in [-0.1, -0.05) is 11.3 Å². The van der Waals surface area contributed by atoms with E-state index < -0.39 is 11.9 Å². The zero-order valence-corrected chi connectivity index (χ0v) is 15.3. The molecule has 2 aromatic heterocycles. The van der Waals surface area contributed by atoms with E-state index in [0.29, 0.717) is 16.6 Å². The molecule has 0 spiro atoms. The molecule has 1 aromatic carbocycles. The second-order valence-electron chi connectivity index (χ2n) is 5.12. The number of benzene rings is 1. The molecular weight excluding hydrogens is 360 g/mol. The third-order valence-electron chi connectivity index (χ3n) is 3.19. The van der Waals surface area contributed by atoms with Gasteiger partial charge in [0.2, 0.25) is 0 Å². The van der Waals surface area contributed by atoms with Gasteiger partial charge in [0.1, 0.15) is 10.6 Å². The summed E-state index contributed by atoms with van der Waals surface area (Å²) in [7, 11) is 0. The Hall–Kier alpha value is -2.45. The van der Waals surface area contributed by atoms with Crippen LogP contribution in [-0.2, 0) is 9.53 Å². The largest absolute Gasteiger partial charge is 0.494 e. The van der Waals surface area contributed by atoms with Crippen LogP contribution in [0.2, 0.25) is 0 Å². The molecular formula is C17H16N2O4S2. The Morgan fingerprint density at radius 2 is 2.04 bits per heavy atom. The summed E-state index contributed by atoms with van der Waals surface area (Å²) in [6, 6.07) is 9.07. The van der Waals surface area contributed by atoms with E-state index in [4.69, 9.17) is 9.47 Å². The second-order valence-corrected chi connectivity index (χ2v) is 7.43. The molecule has 6 nitrogen and oxygen atoms in total. The van der Waals surface area contributed by atoms with E-state index in [-0.39, 0.29) is 6.61 Å². The van der Waals surface area contributed by atoms with Gasteiger partial charge in [-0.2, -0.15) is 0 Å². The number of ether oxygens (including phenoxy) is 2. The Morgan fingerprint density at radius 3 is 2.76 bits per heavy atom. The Balaban J connectivity index is 1.59. The molecule has 130 valence electrons. The Bertz CT molecular complexity index is 916. The number of aromatic nitrogens is 1. The van der Waals surface area contributed by atoms with Crippen molar-refractivity contribution in [2.24, 2.45) is 0 Å². The summed E-state index contributed by atoms with van der Waals surface area (Å²) in [6.45, 7) is 4.05. The molecule has 0 bridgehead atoms. The second kappa shape index (κ2) is 7.62. The SMILES string of the molecule is CCOc1ccc2nc(NC(=O)COC(=O)c3ccc(C)s3)sc2c1. The summed E-state index contributed by atoms with van der Waals surface area (Å²) >= 11 is 2.67. The molecule has 8 heteroatoms. The van der Waals surface area contributed by atoms with Crippen molar-refractivity contribution in [1.82, 2.24) is 4.98 Å². The fourth-order valence-electron chi connectivity index (χ4n) is 2.12. The van der Waals surface area contributed by atoms with Crippen LogP contribution in [0.1, 0.15) is 21.5 Å². The molecule has 25 heavy (non-hydrogen) atoms. The first-order valence-corrected chi connectivity index (χ1v) is 9.25. The van der Waals surface area contributed by atoms with Crippen LogP contribution in [0.3, 0.4) is 0 Å². The molecule has 2 heterocycles. The van der Waals surface area contributed by atoms with Gasteiger partial charge in [-0.25, -0.2) is 9.78 Å². The Labute approximate surface area is 152 Å². The Morgan fingerprint density at radius 1 is 1.20 bits per heavy atom. The fraction of sp³-hybridized carbons (Fsp3) is 0.235. The molecule has 0 saturated carbocycles. The van der Waals surface area contributed by atoms with Crippen LogP contribution in [0, 0.1) is 6.92 Å². The van der Waals surface area contributed by atoms with Crippen molar-refractivity contribution in [1.29, 1.82) is 0 Å². The number of esters is 1. The highest BCUT2D eigenvalue weighted by Crippen LogP contribution is 2.29. The number of hydrogen-bond donors (Lipinski definition) is 1. The summed E-state index contributed by atoms with van der Waals surface area (Å²) in [5.74, 6) is -0.165. The average Bonchev–Trinajstić information content (AvgIpc) is 3.18. The normalized spacial score (nSPS) is 10.6. The van der Waals surface area contributed by atoms with Crippen LogP contribution in [0.4, 0.5) is 5.13 Å². The van der Waals surface area contributed by atoms with Crippen molar-refractivity contribution in [3.05, 3.63) is 40.1 Å². The molecule has 3 aromatic rings. The number of thiazole rings is 1. The number of amides is 1. The number of nitrogens with one attached hydrogen (secondary N) is 1. The van der Waals surface area contributed by atoms with Crippen molar-refractivity contribution in [2.75, 3.05) is 18.5 Å². The van der Waals surface area contributed by atoms with Crippen molar-refractivity contribution in [3.8, 4) is 5.75 Å². The molecule has 0 aliphatic heterocycles. The van der Waals surface area contributed by atoms with Crippen LogP contribution >= 0.6 is 22.7 Å². The highest BCUT2D eigenvalue weighted by Gasteiger charge is 2.13. The predicted molar refractivity (Wildman–Crippen MR) is 98.8 cm³/mol. The number of aryl methyl sites for hydroxylation is 1. The molecule has 0 aliphatic carbocycles. The molecule has 0 fully saturated rings. The first-order chi connectivity index (χ1) is 12.0. The lowest BCUT2D eigenvalue weighted by atomic mass is 10.3. The minimum Gasteiger partial charge on any atom is -0.494 e. The van der Waals surface area contributed by atoms with Gasteiger partial charge >= 0.3 is 5.97 Å². The third kappa shape index (κ3) is 4.34. The minimum absolute atomic E-state index is 0.351. The number of thiophene rings is 1. The average molecular weight is 376 g/mol. The van der Waals surface area contributed by atoms with Crippen molar-refractivity contribution < 1.29 is 19.1 Å². The van der Waals surface area contributed by atoms with Crippen molar-refractivity contribution in [3.63, 3.8) is 0 Å². The first kappa shape index (κ1) is 17.4. The van der Waals surface area contributed by atoms with Crippen LogP contribution in [0.5, 0.6) is 5.75 Å². The van der Waals surface area contributed by atoms with Gasteiger partial charge in [-0.05, 0) is 44.2 Å². The molecule has 0 unspecified atom stereocenters. The Kier molecular flexibility index (Phi) is 5.30. The van der Waals surface area contributed by atoms with Crippen LogP contribution in [0.25, 0.3) is 10.2 Å². The van der Waals surface area contributed by atoms with E-state index in [1.807, 2.05) is 38.1 Å². The standard InChI is InChI=1S/C17H16N2O4S2/c1-3-22-11-5-6-12-14(8-11)25-17(18-12)19-15(20)9-23-16(21)13-7-4-10(2)24-13/h4-8H,3,9H2,1-2H3,(H,18,19,20). The summed E-state index contributed by atoms with van der Waals surface area (Å²) in [5, 5.41) is 3.10. The van der Waals surface area contributed by atoms with E-state index in [2.05, 4.69) is 10.3 Å². The number of hydrogen-bond acceptors (Lipinski definition) is 7. The maximum Gasteiger partial charge on any atom is 0.348 e. The molecule has 0 radical (unpaired) electrons. The van der Waals surface area contributed by atoms with E-state index in [1.165, 1.54) is 22.7 Å². The fourth-order valence-corrected chi connectivity index (χ4v) is 3.79. The van der Waals surface area contributed by atoms with Crippen molar-refractivity contribution in [2.45, 2.75) is 13.8 Å². The maximum absolute atomic E-state index is 12.0. The van der Waals surface area contributed by atoms with E-state index >= 15 is 0 Å². The lowest BCUT2D eigenvalue weighted by molar-refractivity contribution is -0.119.